The van der Waals surface area contributed by atoms with E-state index < -0.39 is 0 Å². The Bertz CT molecular complexity index is 653. The Morgan fingerprint density at radius 3 is 2.55 bits per heavy atom. The fraction of sp³-hybridized carbons (Fsp3) is 0.231. The molecule has 7 heteroatoms. The van der Waals surface area contributed by atoms with E-state index >= 15 is 0 Å². The Kier molecular flexibility index (Phi) is 4.14. The largest absolute Gasteiger partial charge is 0.383 e. The molecular weight excluding hydrogens is 278 g/mol. The number of H-pyrrole nitrogens is 1. The summed E-state index contributed by atoms with van der Waals surface area (Å²) in [5.74, 6) is 0.207. The van der Waals surface area contributed by atoms with E-state index in [1.54, 1.807) is 0 Å². The van der Waals surface area contributed by atoms with Crippen molar-refractivity contribution in [1.29, 1.82) is 0 Å². The molecule has 2 aromatic rings. The molecule has 1 aromatic carbocycles. The van der Waals surface area contributed by atoms with E-state index in [9.17, 15) is 4.79 Å². The van der Waals surface area contributed by atoms with Crippen molar-refractivity contribution < 1.29 is 0 Å². The molecule has 0 atom stereocenters. The first-order valence-corrected chi connectivity index (χ1v) is 6.46. The van der Waals surface area contributed by atoms with Crippen LogP contribution in [-0.2, 0) is 6.42 Å². The predicted molar refractivity (Wildman–Crippen MR) is 82.1 cm³/mol. The van der Waals surface area contributed by atoms with Crippen LogP contribution >= 0.6 is 11.6 Å². The molecule has 0 aliphatic rings. The molecule has 0 aliphatic heterocycles. The van der Waals surface area contributed by atoms with Crippen molar-refractivity contribution >= 4 is 29.1 Å². The third-order valence-corrected chi connectivity index (χ3v) is 3.28. The molecule has 5 N–H and O–H groups in total. The number of aromatic nitrogens is 2. The van der Waals surface area contributed by atoms with E-state index in [1.165, 1.54) is 0 Å². The van der Waals surface area contributed by atoms with Crippen molar-refractivity contribution in [2.75, 3.05) is 30.0 Å². The summed E-state index contributed by atoms with van der Waals surface area (Å²) in [6.45, 7) is 0.626. The fourth-order valence-electron chi connectivity index (χ4n) is 1.88. The number of likely N-dealkylation sites (N-methyl/N-ethyl adjacent to an activating group) is 1. The van der Waals surface area contributed by atoms with Gasteiger partial charge in [-0.15, -0.1) is 0 Å². The highest BCUT2D eigenvalue weighted by atomic mass is 35.5. The molecule has 0 bridgehead atoms. The zero-order valence-corrected chi connectivity index (χ0v) is 11.8. The first kappa shape index (κ1) is 14.2. The lowest BCUT2D eigenvalue weighted by Crippen LogP contribution is -2.25. The highest BCUT2D eigenvalue weighted by molar-refractivity contribution is 6.30. The molecule has 1 aromatic heterocycles. The lowest BCUT2D eigenvalue weighted by Gasteiger charge is -2.19. The Balaban J connectivity index is 2.09. The maximum atomic E-state index is 11.8. The number of anilines is 3. The van der Waals surface area contributed by atoms with Gasteiger partial charge in [0, 0.05) is 24.3 Å². The van der Waals surface area contributed by atoms with E-state index in [2.05, 4.69) is 9.97 Å². The number of hydrogen-bond acceptors (Lipinski definition) is 5. The SMILES string of the molecule is CN(CCc1c(N)nc(N)[nH]c1=O)c1ccc(Cl)cc1. The van der Waals surface area contributed by atoms with Gasteiger partial charge in [-0.25, -0.2) is 0 Å². The van der Waals surface area contributed by atoms with Gasteiger partial charge in [0.2, 0.25) is 5.95 Å². The van der Waals surface area contributed by atoms with Crippen LogP contribution in [0.1, 0.15) is 5.56 Å². The molecule has 0 amide bonds. The van der Waals surface area contributed by atoms with Crippen molar-refractivity contribution in [3.63, 3.8) is 0 Å². The van der Waals surface area contributed by atoms with Crippen LogP contribution in [0.4, 0.5) is 17.5 Å². The molecule has 0 saturated heterocycles. The van der Waals surface area contributed by atoms with E-state index in [0.29, 0.717) is 23.6 Å². The van der Waals surface area contributed by atoms with Crippen molar-refractivity contribution in [2.24, 2.45) is 0 Å². The van der Waals surface area contributed by atoms with E-state index in [4.69, 9.17) is 23.1 Å². The summed E-state index contributed by atoms with van der Waals surface area (Å²) < 4.78 is 0. The van der Waals surface area contributed by atoms with Gasteiger partial charge in [0.05, 0.1) is 5.56 Å². The van der Waals surface area contributed by atoms with Crippen LogP contribution in [0.5, 0.6) is 0 Å². The van der Waals surface area contributed by atoms with Gasteiger partial charge < -0.3 is 16.4 Å². The second-order valence-corrected chi connectivity index (χ2v) is 4.90. The first-order valence-electron chi connectivity index (χ1n) is 6.08. The summed E-state index contributed by atoms with van der Waals surface area (Å²) in [4.78, 5) is 20.1. The summed E-state index contributed by atoms with van der Waals surface area (Å²) in [6.07, 6.45) is 0.480. The standard InChI is InChI=1S/C13H16ClN5O/c1-19(9-4-2-8(14)3-5-9)7-6-10-11(15)17-13(16)18-12(10)20/h2-5H,6-7H2,1H3,(H5,15,16,17,18,20). The van der Waals surface area contributed by atoms with E-state index in [1.807, 2.05) is 36.2 Å². The van der Waals surface area contributed by atoms with Crippen LogP contribution in [0, 0.1) is 0 Å². The average Bonchev–Trinajstić information content (AvgIpc) is 2.38. The second-order valence-electron chi connectivity index (χ2n) is 4.46. The Morgan fingerprint density at radius 2 is 1.95 bits per heavy atom. The highest BCUT2D eigenvalue weighted by Gasteiger charge is 2.09. The minimum absolute atomic E-state index is 0.0299. The molecule has 0 radical (unpaired) electrons. The lowest BCUT2D eigenvalue weighted by atomic mass is 10.2. The van der Waals surface area contributed by atoms with Crippen molar-refractivity contribution in [1.82, 2.24) is 9.97 Å². The Morgan fingerprint density at radius 1 is 1.30 bits per heavy atom. The number of hydrogen-bond donors (Lipinski definition) is 3. The zero-order chi connectivity index (χ0) is 14.7. The maximum Gasteiger partial charge on any atom is 0.257 e. The number of rotatable bonds is 4. The summed E-state index contributed by atoms with van der Waals surface area (Å²) in [7, 11) is 1.93. The number of halogens is 1. The van der Waals surface area contributed by atoms with Crippen LogP contribution in [0.2, 0.25) is 5.02 Å². The molecule has 0 fully saturated rings. The number of benzene rings is 1. The third-order valence-electron chi connectivity index (χ3n) is 3.03. The van der Waals surface area contributed by atoms with Crippen LogP contribution in [0.3, 0.4) is 0 Å². The van der Waals surface area contributed by atoms with Crippen molar-refractivity contribution in [3.05, 3.63) is 45.2 Å². The molecule has 0 saturated carbocycles. The topological polar surface area (TPSA) is 101 Å². The van der Waals surface area contributed by atoms with E-state index in [0.717, 1.165) is 5.69 Å². The fourth-order valence-corrected chi connectivity index (χ4v) is 2.01. The number of aromatic amines is 1. The van der Waals surface area contributed by atoms with Gasteiger partial charge in [0.1, 0.15) is 5.82 Å². The molecule has 20 heavy (non-hydrogen) atoms. The van der Waals surface area contributed by atoms with Gasteiger partial charge in [-0.2, -0.15) is 4.98 Å². The number of nitrogens with zero attached hydrogens (tertiary/aromatic N) is 2. The van der Waals surface area contributed by atoms with Gasteiger partial charge in [-0.05, 0) is 30.7 Å². The van der Waals surface area contributed by atoms with Gasteiger partial charge in [0.15, 0.2) is 0 Å². The number of nitrogens with one attached hydrogen (secondary N) is 1. The molecule has 0 aliphatic carbocycles. The zero-order valence-electron chi connectivity index (χ0n) is 11.1. The summed E-state index contributed by atoms with van der Waals surface area (Å²) in [6, 6.07) is 7.47. The predicted octanol–water partition coefficient (Wildman–Crippen LogP) is 1.27. The molecule has 0 unspecified atom stereocenters. The first-order chi connectivity index (χ1) is 9.47. The quantitative estimate of drug-likeness (QED) is 0.788. The van der Waals surface area contributed by atoms with Crippen molar-refractivity contribution in [3.8, 4) is 0 Å². The minimum Gasteiger partial charge on any atom is -0.383 e. The monoisotopic (exact) mass is 293 g/mol. The highest BCUT2D eigenvalue weighted by Crippen LogP contribution is 2.17. The normalized spacial score (nSPS) is 10.5. The number of nitrogen functional groups attached to an aromatic ring is 2. The molecule has 106 valence electrons. The third kappa shape index (κ3) is 3.21. The van der Waals surface area contributed by atoms with Gasteiger partial charge >= 0.3 is 0 Å². The van der Waals surface area contributed by atoms with Gasteiger partial charge in [-0.1, -0.05) is 11.6 Å². The lowest BCUT2D eigenvalue weighted by molar-refractivity contribution is 0.860. The Labute approximate surface area is 121 Å². The molecule has 1 heterocycles. The second kappa shape index (κ2) is 5.83. The molecule has 6 nitrogen and oxygen atoms in total. The number of nitrogens with two attached hydrogens (primary N) is 2. The molecule has 2 rings (SSSR count). The maximum absolute atomic E-state index is 11.8. The van der Waals surface area contributed by atoms with Crippen molar-refractivity contribution in [2.45, 2.75) is 6.42 Å². The average molecular weight is 294 g/mol. The van der Waals surface area contributed by atoms with Gasteiger partial charge in [-0.3, -0.25) is 9.78 Å². The smallest absolute Gasteiger partial charge is 0.257 e. The molecular formula is C13H16ClN5O. The summed E-state index contributed by atoms with van der Waals surface area (Å²) in [5.41, 5.74) is 12.3. The summed E-state index contributed by atoms with van der Waals surface area (Å²) >= 11 is 5.85. The van der Waals surface area contributed by atoms with Crippen LogP contribution in [0.15, 0.2) is 29.1 Å². The minimum atomic E-state index is -0.292. The van der Waals surface area contributed by atoms with Crippen LogP contribution < -0.4 is 21.9 Å². The molecule has 0 spiro atoms. The van der Waals surface area contributed by atoms with Crippen LogP contribution in [0.25, 0.3) is 0 Å². The Hall–Kier alpha value is -2.21. The van der Waals surface area contributed by atoms with Crippen LogP contribution in [-0.4, -0.2) is 23.6 Å². The van der Waals surface area contributed by atoms with E-state index in [-0.39, 0.29) is 17.3 Å². The van der Waals surface area contributed by atoms with Gasteiger partial charge in [0.25, 0.3) is 5.56 Å². The summed E-state index contributed by atoms with van der Waals surface area (Å²) in [5, 5.41) is 0.686.